The molecule has 1 aliphatic heterocycles. The molecule has 1 atom stereocenters. The third kappa shape index (κ3) is 6.88. The van der Waals surface area contributed by atoms with Crippen LogP contribution in [0.15, 0.2) is 46.6 Å². The Morgan fingerprint density at radius 3 is 2.65 bits per heavy atom. The van der Waals surface area contributed by atoms with Crippen molar-refractivity contribution in [3.05, 3.63) is 36.4 Å². The Morgan fingerprint density at radius 2 is 1.90 bits per heavy atom. The monoisotopic (exact) mass is 427 g/mol. The predicted octanol–water partition coefficient (Wildman–Crippen LogP) is 3.40. The molecule has 0 aliphatic carbocycles. The molecule has 3 rings (SSSR count). The number of anilines is 3. The number of hydrogen-bond acceptors (Lipinski definition) is 9. The first kappa shape index (κ1) is 22.9. The molecule has 0 saturated carbocycles. The summed E-state index contributed by atoms with van der Waals surface area (Å²) in [6.07, 6.45) is 2.82. The fraction of sp³-hybridized carbons (Fsp3) is 0.500. The normalized spacial score (nSPS) is 15.8. The highest BCUT2D eigenvalue weighted by Gasteiger charge is 2.20. The van der Waals surface area contributed by atoms with Gasteiger partial charge in [-0.05, 0) is 43.5 Å². The topological polar surface area (TPSA) is 120 Å². The van der Waals surface area contributed by atoms with Crippen LogP contribution in [0.1, 0.15) is 19.3 Å². The Morgan fingerprint density at radius 1 is 1.13 bits per heavy atom. The fourth-order valence-electron chi connectivity index (χ4n) is 3.67. The van der Waals surface area contributed by atoms with Crippen molar-refractivity contribution in [3.63, 3.8) is 0 Å². The van der Waals surface area contributed by atoms with Crippen molar-refractivity contribution in [2.75, 3.05) is 62.9 Å². The number of aromatic nitrogens is 1. The zero-order chi connectivity index (χ0) is 21.9. The maximum absolute atomic E-state index is 9.43. The van der Waals surface area contributed by atoms with E-state index in [2.05, 4.69) is 30.7 Å². The molecule has 1 fully saturated rings. The summed E-state index contributed by atoms with van der Waals surface area (Å²) in [5.41, 5.74) is 8.17. The zero-order valence-corrected chi connectivity index (χ0v) is 18.1. The maximum Gasteiger partial charge on any atom is 0.153 e. The molecule has 1 saturated heterocycles. The van der Waals surface area contributed by atoms with Gasteiger partial charge in [0.05, 0.1) is 18.9 Å². The number of rotatable bonds is 11. The van der Waals surface area contributed by atoms with Gasteiger partial charge in [0.15, 0.2) is 5.82 Å². The van der Waals surface area contributed by atoms with Crippen molar-refractivity contribution in [1.29, 1.82) is 0 Å². The Bertz CT molecular complexity index is 840. The molecule has 31 heavy (non-hydrogen) atoms. The first-order valence-corrected chi connectivity index (χ1v) is 10.8. The van der Waals surface area contributed by atoms with Crippen molar-refractivity contribution in [2.45, 2.75) is 25.3 Å². The van der Waals surface area contributed by atoms with E-state index in [1.807, 2.05) is 30.3 Å². The number of aliphatic hydroxyl groups is 1. The Kier molecular flexibility index (Phi) is 9.01. The molecular formula is C22H33N7O2. The summed E-state index contributed by atoms with van der Waals surface area (Å²) in [5.74, 6) is 1.02. The van der Waals surface area contributed by atoms with Gasteiger partial charge in [-0.3, -0.25) is 4.90 Å². The number of benzene rings is 1. The van der Waals surface area contributed by atoms with E-state index in [0.29, 0.717) is 23.4 Å². The maximum atomic E-state index is 9.43. The number of para-hydroxylation sites is 1. The molecule has 0 spiro atoms. The second kappa shape index (κ2) is 12.2. The predicted molar refractivity (Wildman–Crippen MR) is 124 cm³/mol. The van der Waals surface area contributed by atoms with Crippen LogP contribution in [-0.2, 0) is 4.74 Å². The van der Waals surface area contributed by atoms with Gasteiger partial charge < -0.3 is 26.2 Å². The smallest absolute Gasteiger partial charge is 0.153 e. The van der Waals surface area contributed by atoms with Crippen molar-refractivity contribution in [2.24, 2.45) is 10.2 Å². The molecule has 2 aromatic rings. The van der Waals surface area contributed by atoms with E-state index >= 15 is 0 Å². The number of morpholine rings is 1. The first-order valence-electron chi connectivity index (χ1n) is 10.8. The van der Waals surface area contributed by atoms with E-state index in [1.54, 1.807) is 13.1 Å². The van der Waals surface area contributed by atoms with Gasteiger partial charge in [0, 0.05) is 39.3 Å². The minimum atomic E-state index is 0.214. The number of pyridine rings is 1. The first-order chi connectivity index (χ1) is 15.2. The van der Waals surface area contributed by atoms with Crippen molar-refractivity contribution in [3.8, 4) is 0 Å². The summed E-state index contributed by atoms with van der Waals surface area (Å²) >= 11 is 0. The molecule has 1 aromatic heterocycles. The molecule has 0 radical (unpaired) electrons. The van der Waals surface area contributed by atoms with Crippen LogP contribution >= 0.6 is 0 Å². The molecule has 9 heteroatoms. The number of nitrogens with one attached hydrogen (secondary N) is 2. The molecule has 5 N–H and O–H groups in total. The highest BCUT2D eigenvalue weighted by Crippen LogP contribution is 2.29. The average molecular weight is 428 g/mol. The van der Waals surface area contributed by atoms with Gasteiger partial charge in [-0.2, -0.15) is 0 Å². The van der Waals surface area contributed by atoms with Crippen LogP contribution in [0, 0.1) is 0 Å². The molecule has 1 aliphatic rings. The second-order valence-electron chi connectivity index (χ2n) is 7.45. The molecule has 1 unspecified atom stereocenters. The minimum absolute atomic E-state index is 0.214. The fourth-order valence-corrected chi connectivity index (χ4v) is 3.67. The minimum Gasteiger partial charge on any atom is -0.396 e. The van der Waals surface area contributed by atoms with E-state index < -0.39 is 0 Å². The van der Waals surface area contributed by atoms with Crippen LogP contribution < -0.4 is 16.4 Å². The number of nitrogens with two attached hydrogens (primary N) is 1. The largest absolute Gasteiger partial charge is 0.396 e. The van der Waals surface area contributed by atoms with Crippen LogP contribution in [0.4, 0.5) is 28.7 Å². The van der Waals surface area contributed by atoms with E-state index in [-0.39, 0.29) is 6.61 Å². The summed E-state index contributed by atoms with van der Waals surface area (Å²) in [6, 6.07) is 11.8. The van der Waals surface area contributed by atoms with Gasteiger partial charge in [-0.15, -0.1) is 10.2 Å². The number of nitrogens with zero attached hydrogens (tertiary/aromatic N) is 4. The van der Waals surface area contributed by atoms with Gasteiger partial charge >= 0.3 is 0 Å². The van der Waals surface area contributed by atoms with Crippen LogP contribution in [0.5, 0.6) is 0 Å². The number of aliphatic hydroxyl groups excluding tert-OH is 1. The average Bonchev–Trinajstić information content (AvgIpc) is 2.81. The summed E-state index contributed by atoms with van der Waals surface area (Å²) in [6.45, 7) is 4.46. The Labute approximate surface area is 183 Å². The lowest BCUT2D eigenvalue weighted by Crippen LogP contribution is -2.44. The molecule has 168 valence electrons. The molecule has 0 amide bonds. The highest BCUT2D eigenvalue weighted by molar-refractivity contribution is 5.66. The summed E-state index contributed by atoms with van der Waals surface area (Å²) < 4.78 is 5.45. The SMILES string of the molecule is CNc1ccc(N=Nc2ccccc2NCCCC(CCO)N2CCOCC2)c(N)n1. The number of hydrogen-bond donors (Lipinski definition) is 4. The lowest BCUT2D eigenvalue weighted by Gasteiger charge is -2.34. The summed E-state index contributed by atoms with van der Waals surface area (Å²) in [4.78, 5) is 6.65. The third-order valence-corrected chi connectivity index (χ3v) is 5.38. The van der Waals surface area contributed by atoms with E-state index in [9.17, 15) is 5.11 Å². The van der Waals surface area contributed by atoms with Gasteiger partial charge in [-0.25, -0.2) is 4.98 Å². The quantitative estimate of drug-likeness (QED) is 0.320. The van der Waals surface area contributed by atoms with Gasteiger partial charge in [0.2, 0.25) is 0 Å². The standard InChI is InChI=1S/C22H33N7O2/c1-24-21-9-8-20(22(23)26-21)28-27-19-7-3-2-6-18(19)25-11-4-5-17(10-14-30)29-12-15-31-16-13-29/h2-3,6-9,17,25,30H,4-5,10-16H2,1H3,(H3,23,24,26). The Hall–Kier alpha value is -2.75. The van der Waals surface area contributed by atoms with Crippen LogP contribution in [-0.4, -0.2) is 67.5 Å². The van der Waals surface area contributed by atoms with Crippen LogP contribution in [0.3, 0.4) is 0 Å². The second-order valence-corrected chi connectivity index (χ2v) is 7.45. The third-order valence-electron chi connectivity index (χ3n) is 5.38. The molecular weight excluding hydrogens is 394 g/mol. The summed E-state index contributed by atoms with van der Waals surface area (Å²) in [5, 5.41) is 24.5. The van der Waals surface area contributed by atoms with Crippen LogP contribution in [0.25, 0.3) is 0 Å². The number of nitrogen functional groups attached to an aromatic ring is 1. The van der Waals surface area contributed by atoms with E-state index in [4.69, 9.17) is 10.5 Å². The lowest BCUT2D eigenvalue weighted by atomic mass is 10.1. The summed E-state index contributed by atoms with van der Waals surface area (Å²) in [7, 11) is 1.79. The molecule has 0 bridgehead atoms. The van der Waals surface area contributed by atoms with Gasteiger partial charge in [0.1, 0.15) is 17.2 Å². The van der Waals surface area contributed by atoms with Crippen molar-refractivity contribution in [1.82, 2.24) is 9.88 Å². The number of azo groups is 1. The number of ether oxygens (including phenoxy) is 1. The van der Waals surface area contributed by atoms with Gasteiger partial charge in [0.25, 0.3) is 0 Å². The zero-order valence-electron chi connectivity index (χ0n) is 18.1. The van der Waals surface area contributed by atoms with Crippen molar-refractivity contribution < 1.29 is 9.84 Å². The van der Waals surface area contributed by atoms with E-state index in [0.717, 1.165) is 63.5 Å². The van der Waals surface area contributed by atoms with Crippen molar-refractivity contribution >= 4 is 28.7 Å². The molecule has 1 aromatic carbocycles. The Balaban J connectivity index is 1.55. The highest BCUT2D eigenvalue weighted by atomic mass is 16.5. The molecule has 9 nitrogen and oxygen atoms in total. The molecule has 2 heterocycles. The lowest BCUT2D eigenvalue weighted by molar-refractivity contribution is 0.00917. The van der Waals surface area contributed by atoms with Gasteiger partial charge in [-0.1, -0.05) is 12.1 Å². The van der Waals surface area contributed by atoms with Crippen LogP contribution in [0.2, 0.25) is 0 Å². The van der Waals surface area contributed by atoms with E-state index in [1.165, 1.54) is 0 Å².